The molecule has 0 spiro atoms. The number of benzene rings is 2. The number of nitrogens with zero attached hydrogens (tertiary/aromatic N) is 8. The molecule has 18 nitrogen and oxygen atoms in total. The van der Waals surface area contributed by atoms with E-state index in [1.165, 1.54) is 0 Å². The SMILES string of the molecule is Cc1ccc(S(=O)(=O)N2C[C@H]3C[C@@H]2CC3(CN=[N+]=[N-])CN=[N+]=[N-])cc1.Cc1ccc(S(=O)(=O)N2C[C@H]3C[C@@H]2CC3(CNC(=O)OC(C)(C)C)CNC(=O)OC(C)(C)C)cc1. The van der Waals surface area contributed by atoms with E-state index in [-0.39, 0.29) is 55.0 Å². The average Bonchev–Trinajstić information content (AvgIpc) is 3.95. The lowest BCUT2D eigenvalue weighted by molar-refractivity contribution is 0.0411. The van der Waals surface area contributed by atoms with Crippen LogP contribution in [0.3, 0.4) is 0 Å². The Morgan fingerprint density at radius 1 is 0.683 bits per heavy atom. The van der Waals surface area contributed by atoms with Gasteiger partial charge in [-0.3, -0.25) is 0 Å². The highest BCUT2D eigenvalue weighted by Gasteiger charge is 2.58. The molecular weight excluding hydrogens is 813 g/mol. The van der Waals surface area contributed by atoms with Gasteiger partial charge in [0.1, 0.15) is 11.2 Å². The fraction of sp³-hybridized carbons (Fsp3) is 0.650. The predicted octanol–water partition coefficient (Wildman–Crippen LogP) is 7.20. The zero-order valence-corrected chi connectivity index (χ0v) is 37.3. The summed E-state index contributed by atoms with van der Waals surface area (Å²) in [6.45, 7) is 16.2. The second-order valence-electron chi connectivity index (χ2n) is 18.6. The molecule has 20 heteroatoms. The van der Waals surface area contributed by atoms with E-state index in [4.69, 9.17) is 20.5 Å². The smallest absolute Gasteiger partial charge is 0.407 e. The summed E-state index contributed by atoms with van der Waals surface area (Å²) >= 11 is 0. The van der Waals surface area contributed by atoms with Crippen molar-refractivity contribution in [2.45, 2.75) is 114 Å². The molecule has 2 saturated heterocycles. The van der Waals surface area contributed by atoms with Gasteiger partial charge in [0.25, 0.3) is 0 Å². The standard InChI is InChI=1S/C25H39N3O6S.C15H19N7O2S/c1-17-8-10-20(11-9-17)35(31,32)28-14-18-12-19(28)13-25(18,15-26-21(29)33-23(2,3)4)16-27-22(30)34-24(5,6)7;1-11-2-4-14(5-3-11)25(23,24)22-8-12-6-13(22)7-15(12,9-18-20-16)10-19-21-17/h8-11,18-19H,12-16H2,1-7H3,(H,26,29)(H,27,30);2-5,12-13H,6-10H2,1H3/t18-,19-;12-,13-/m11/s1. The van der Waals surface area contributed by atoms with Gasteiger partial charge >= 0.3 is 12.2 Å². The Bertz CT molecular complexity index is 2160. The lowest BCUT2D eigenvalue weighted by Gasteiger charge is -2.41. The Balaban J connectivity index is 0.000000240. The number of hydrogen-bond acceptors (Lipinski definition) is 10. The van der Waals surface area contributed by atoms with Crippen LogP contribution in [0.4, 0.5) is 9.59 Å². The lowest BCUT2D eigenvalue weighted by Crippen LogP contribution is -2.54. The maximum absolute atomic E-state index is 13.3. The van der Waals surface area contributed by atoms with Crippen molar-refractivity contribution in [2.24, 2.45) is 32.9 Å². The molecule has 2 amide bonds. The highest BCUT2D eigenvalue weighted by atomic mass is 32.2. The van der Waals surface area contributed by atoms with Crippen molar-refractivity contribution in [3.8, 4) is 0 Å². The third-order valence-electron chi connectivity index (χ3n) is 11.9. The quantitative estimate of drug-likeness (QED) is 0.125. The van der Waals surface area contributed by atoms with Gasteiger partial charge in [0, 0.05) is 66.6 Å². The van der Waals surface area contributed by atoms with Crippen LogP contribution in [0.5, 0.6) is 0 Å². The number of carbonyl (C=O) groups excluding carboxylic acids is 2. The van der Waals surface area contributed by atoms with Gasteiger partial charge in [0.05, 0.1) is 9.79 Å². The van der Waals surface area contributed by atoms with Crippen molar-refractivity contribution in [3.05, 3.63) is 80.5 Å². The van der Waals surface area contributed by atoms with Crippen LogP contribution in [0, 0.1) is 36.5 Å². The number of sulfonamides is 2. The van der Waals surface area contributed by atoms with Crippen molar-refractivity contribution in [3.63, 3.8) is 0 Å². The molecule has 0 radical (unpaired) electrons. The van der Waals surface area contributed by atoms with E-state index >= 15 is 0 Å². The zero-order chi connectivity index (χ0) is 44.3. The minimum absolute atomic E-state index is 0.0220. The van der Waals surface area contributed by atoms with E-state index in [0.717, 1.165) is 11.1 Å². The largest absolute Gasteiger partial charge is 0.444 e. The first kappa shape index (κ1) is 46.5. The number of amides is 2. The first-order valence-corrected chi connectivity index (χ1v) is 22.9. The van der Waals surface area contributed by atoms with Crippen molar-refractivity contribution in [1.82, 2.24) is 19.2 Å². The highest BCUT2D eigenvalue weighted by molar-refractivity contribution is 7.89. The fourth-order valence-electron chi connectivity index (χ4n) is 8.99. The molecule has 0 aromatic heterocycles. The van der Waals surface area contributed by atoms with Crippen LogP contribution in [-0.4, -0.2) is 100 Å². The number of rotatable bonds is 12. The number of carbonyl (C=O) groups is 2. The normalized spacial score (nSPS) is 24.7. The van der Waals surface area contributed by atoms with Gasteiger partial charge in [-0.05, 0) is 134 Å². The Kier molecular flexibility index (Phi) is 13.8. The fourth-order valence-corrected chi connectivity index (χ4v) is 12.3. The van der Waals surface area contributed by atoms with Gasteiger partial charge in [0.15, 0.2) is 0 Å². The van der Waals surface area contributed by atoms with Gasteiger partial charge in [0.2, 0.25) is 20.0 Å². The second-order valence-corrected chi connectivity index (χ2v) is 22.4. The lowest BCUT2D eigenvalue weighted by atomic mass is 9.76. The molecule has 6 rings (SSSR count). The molecule has 2 saturated carbocycles. The Hall–Kier alpha value is -4.58. The zero-order valence-electron chi connectivity index (χ0n) is 35.7. The van der Waals surface area contributed by atoms with E-state index in [9.17, 15) is 26.4 Å². The van der Waals surface area contributed by atoms with Crippen molar-refractivity contribution in [2.75, 3.05) is 39.3 Å². The van der Waals surface area contributed by atoms with Gasteiger partial charge in [-0.25, -0.2) is 26.4 Å². The molecule has 4 bridgehead atoms. The molecule has 2 aromatic rings. The molecule has 4 aliphatic rings. The molecular formula is C40H58N10O8S2. The average molecular weight is 871 g/mol. The molecule has 4 atom stereocenters. The number of aryl methyl sites for hydroxylation is 2. The second kappa shape index (κ2) is 17.8. The molecule has 328 valence electrons. The number of nitrogens with one attached hydrogen (secondary N) is 2. The van der Waals surface area contributed by atoms with Gasteiger partial charge in [-0.2, -0.15) is 8.61 Å². The maximum Gasteiger partial charge on any atom is 0.407 e. The summed E-state index contributed by atoms with van der Waals surface area (Å²) in [5.74, 6) is -0.0219. The molecule has 0 unspecified atom stereocenters. The first-order chi connectivity index (χ1) is 27.9. The molecule has 2 N–H and O–H groups in total. The molecule has 2 aromatic carbocycles. The number of alkyl carbamates (subject to hydrolysis) is 2. The summed E-state index contributed by atoms with van der Waals surface area (Å²) in [5.41, 5.74) is 17.0. The third-order valence-corrected chi connectivity index (χ3v) is 15.7. The number of azide groups is 2. The maximum atomic E-state index is 13.3. The monoisotopic (exact) mass is 870 g/mol. The Labute approximate surface area is 353 Å². The van der Waals surface area contributed by atoms with E-state index in [2.05, 4.69) is 30.7 Å². The number of piperidine rings is 2. The van der Waals surface area contributed by atoms with Gasteiger partial charge < -0.3 is 20.1 Å². The summed E-state index contributed by atoms with van der Waals surface area (Å²) in [6, 6.07) is 13.3. The highest BCUT2D eigenvalue weighted by Crippen LogP contribution is 2.53. The van der Waals surface area contributed by atoms with Crippen LogP contribution in [0.2, 0.25) is 0 Å². The third kappa shape index (κ3) is 10.6. The molecule has 4 fully saturated rings. The summed E-state index contributed by atoms with van der Waals surface area (Å²) < 4.78 is 66.4. The van der Waals surface area contributed by atoms with E-state index < -0.39 is 54.3 Å². The molecule has 2 aliphatic heterocycles. The van der Waals surface area contributed by atoms with Gasteiger partial charge in [-0.15, -0.1) is 0 Å². The predicted molar refractivity (Wildman–Crippen MR) is 225 cm³/mol. The molecule has 2 heterocycles. The van der Waals surface area contributed by atoms with Gasteiger partial charge in [-0.1, -0.05) is 45.6 Å². The number of fused-ring (bicyclic) bond motifs is 4. The van der Waals surface area contributed by atoms with E-state index in [1.54, 1.807) is 98.7 Å². The van der Waals surface area contributed by atoms with Crippen LogP contribution in [0.15, 0.2) is 68.6 Å². The van der Waals surface area contributed by atoms with Crippen LogP contribution < -0.4 is 10.6 Å². The topological polar surface area (TPSA) is 249 Å². The number of hydrogen-bond donors (Lipinski definition) is 2. The number of ether oxygens (including phenoxy) is 2. The first-order valence-electron chi connectivity index (χ1n) is 20.1. The molecule has 2 aliphatic carbocycles. The Morgan fingerprint density at radius 2 is 1.03 bits per heavy atom. The van der Waals surface area contributed by atoms with Crippen LogP contribution in [-0.2, 0) is 29.5 Å². The molecule has 60 heavy (non-hydrogen) atoms. The summed E-state index contributed by atoms with van der Waals surface area (Å²) in [4.78, 5) is 31.0. The summed E-state index contributed by atoms with van der Waals surface area (Å²) in [7, 11) is -7.19. The summed E-state index contributed by atoms with van der Waals surface area (Å²) in [5, 5.41) is 13.1. The minimum atomic E-state index is -3.64. The Morgan fingerprint density at radius 3 is 1.33 bits per heavy atom. The van der Waals surface area contributed by atoms with Crippen molar-refractivity contribution >= 4 is 32.2 Å². The van der Waals surface area contributed by atoms with Crippen LogP contribution in [0.1, 0.15) is 78.4 Å². The van der Waals surface area contributed by atoms with Crippen molar-refractivity contribution in [1.29, 1.82) is 0 Å². The minimum Gasteiger partial charge on any atom is -0.444 e. The van der Waals surface area contributed by atoms with Crippen LogP contribution >= 0.6 is 0 Å². The van der Waals surface area contributed by atoms with E-state index in [1.807, 2.05) is 13.8 Å². The summed E-state index contributed by atoms with van der Waals surface area (Å²) in [6.07, 6.45) is 1.33. The van der Waals surface area contributed by atoms with E-state index in [0.29, 0.717) is 43.7 Å². The van der Waals surface area contributed by atoms with Crippen LogP contribution in [0.25, 0.3) is 20.9 Å². The van der Waals surface area contributed by atoms with Crippen molar-refractivity contribution < 1.29 is 35.9 Å².